The Morgan fingerprint density at radius 3 is 2.14 bits per heavy atom. The Kier molecular flexibility index (Phi) is 4.24. The number of aliphatic hydroxyl groups excluding tert-OH is 5. The van der Waals surface area contributed by atoms with Crippen molar-refractivity contribution in [1.29, 1.82) is 0 Å². The Hall–Kier alpha value is -0.240. The van der Waals surface area contributed by atoms with Crippen LogP contribution in [-0.4, -0.2) is 69.8 Å². The lowest BCUT2D eigenvalue weighted by Crippen LogP contribution is -2.52. The highest BCUT2D eigenvalue weighted by molar-refractivity contribution is 4.86. The molecule has 0 aliphatic carbocycles. The summed E-state index contributed by atoms with van der Waals surface area (Å²) in [4.78, 5) is 0. The van der Waals surface area contributed by atoms with Crippen LogP contribution in [0.25, 0.3) is 0 Å². The van der Waals surface area contributed by atoms with Gasteiger partial charge in [0.1, 0.15) is 18.3 Å². The summed E-state index contributed by atoms with van der Waals surface area (Å²) in [6, 6.07) is 0. The van der Waals surface area contributed by atoms with Gasteiger partial charge in [0, 0.05) is 5.92 Å². The van der Waals surface area contributed by atoms with E-state index in [1.54, 1.807) is 0 Å². The lowest BCUT2D eigenvalue weighted by molar-refractivity contribution is -0.164. The van der Waals surface area contributed by atoms with Crippen LogP contribution in [0, 0.1) is 5.92 Å². The summed E-state index contributed by atoms with van der Waals surface area (Å²) in [5, 5.41) is 46.3. The summed E-state index contributed by atoms with van der Waals surface area (Å²) < 4.78 is 4.94. The topological polar surface area (TPSA) is 110 Å². The van der Waals surface area contributed by atoms with Crippen LogP contribution in [0.5, 0.6) is 0 Å². The minimum absolute atomic E-state index is 0.0402. The first-order valence-corrected chi connectivity index (χ1v) is 4.48. The molecular formula is C8H16O6. The van der Waals surface area contributed by atoms with E-state index in [1.165, 1.54) is 0 Å². The van der Waals surface area contributed by atoms with Crippen LogP contribution in [0.2, 0.25) is 0 Å². The first kappa shape index (κ1) is 11.8. The fourth-order valence-corrected chi connectivity index (χ4v) is 1.41. The third-order valence-corrected chi connectivity index (χ3v) is 2.43. The van der Waals surface area contributed by atoms with Crippen LogP contribution >= 0.6 is 0 Å². The van der Waals surface area contributed by atoms with Gasteiger partial charge in [-0.25, -0.2) is 0 Å². The maximum atomic E-state index is 9.47. The highest BCUT2D eigenvalue weighted by atomic mass is 16.5. The van der Waals surface area contributed by atoms with Gasteiger partial charge in [0.25, 0.3) is 0 Å². The minimum atomic E-state index is -1.47. The molecule has 0 aromatic carbocycles. The molecule has 0 radical (unpaired) electrons. The zero-order valence-corrected chi connectivity index (χ0v) is 7.65. The van der Waals surface area contributed by atoms with E-state index in [2.05, 4.69) is 0 Å². The van der Waals surface area contributed by atoms with Crippen molar-refractivity contribution in [3.63, 3.8) is 0 Å². The second kappa shape index (κ2) is 5.01. The van der Waals surface area contributed by atoms with E-state index in [1.807, 2.05) is 0 Å². The van der Waals surface area contributed by atoms with Crippen molar-refractivity contribution in [2.45, 2.75) is 24.4 Å². The molecule has 1 fully saturated rings. The summed E-state index contributed by atoms with van der Waals surface area (Å²) in [5.41, 5.74) is 0. The molecule has 5 atom stereocenters. The molecule has 1 aliphatic heterocycles. The van der Waals surface area contributed by atoms with Crippen LogP contribution in [0.1, 0.15) is 0 Å². The standard InChI is InChI=1S/C8H16O6/c9-1-4-2-14-3-5(10)7(12)8(13)6(4)11/h4-13H,1-3H2/t4-,5+,6+,7+,8-/m1/s1. The van der Waals surface area contributed by atoms with E-state index in [0.717, 1.165) is 0 Å². The summed E-state index contributed by atoms with van der Waals surface area (Å²) in [5.74, 6) is -0.646. The number of hydrogen-bond acceptors (Lipinski definition) is 6. The van der Waals surface area contributed by atoms with E-state index in [9.17, 15) is 20.4 Å². The monoisotopic (exact) mass is 208 g/mol. The molecule has 0 unspecified atom stereocenters. The van der Waals surface area contributed by atoms with Crippen molar-refractivity contribution in [2.75, 3.05) is 19.8 Å². The van der Waals surface area contributed by atoms with Gasteiger partial charge < -0.3 is 30.3 Å². The minimum Gasteiger partial charge on any atom is -0.396 e. The van der Waals surface area contributed by atoms with E-state index in [4.69, 9.17) is 9.84 Å². The molecule has 1 saturated heterocycles. The summed E-state index contributed by atoms with van der Waals surface area (Å²) in [6.45, 7) is -0.430. The van der Waals surface area contributed by atoms with Gasteiger partial charge >= 0.3 is 0 Å². The maximum Gasteiger partial charge on any atom is 0.111 e. The van der Waals surface area contributed by atoms with Crippen LogP contribution < -0.4 is 0 Å². The molecule has 1 aliphatic rings. The van der Waals surface area contributed by atoms with Gasteiger partial charge in [-0.2, -0.15) is 0 Å². The second-order valence-corrected chi connectivity index (χ2v) is 3.52. The van der Waals surface area contributed by atoms with Crippen molar-refractivity contribution in [1.82, 2.24) is 0 Å². The van der Waals surface area contributed by atoms with E-state index < -0.39 is 30.3 Å². The molecule has 0 amide bonds. The molecule has 0 aromatic rings. The molecule has 14 heavy (non-hydrogen) atoms. The quantitative estimate of drug-likeness (QED) is 0.315. The van der Waals surface area contributed by atoms with Gasteiger partial charge in [-0.15, -0.1) is 0 Å². The second-order valence-electron chi connectivity index (χ2n) is 3.52. The number of rotatable bonds is 1. The fourth-order valence-electron chi connectivity index (χ4n) is 1.41. The first-order chi connectivity index (χ1) is 6.57. The Morgan fingerprint density at radius 1 is 0.929 bits per heavy atom. The molecule has 0 bridgehead atoms. The normalized spacial score (nSPS) is 45.6. The largest absolute Gasteiger partial charge is 0.396 e. The third-order valence-electron chi connectivity index (χ3n) is 2.43. The molecule has 84 valence electrons. The van der Waals surface area contributed by atoms with E-state index in [0.29, 0.717) is 0 Å². The van der Waals surface area contributed by atoms with E-state index in [-0.39, 0.29) is 19.8 Å². The Balaban J connectivity index is 2.67. The van der Waals surface area contributed by atoms with Gasteiger partial charge in [-0.1, -0.05) is 0 Å². The molecule has 1 rings (SSSR count). The molecule has 6 nitrogen and oxygen atoms in total. The zero-order chi connectivity index (χ0) is 10.7. The molecule has 6 heteroatoms. The van der Waals surface area contributed by atoms with Gasteiger partial charge in [-0.05, 0) is 0 Å². The summed E-state index contributed by atoms with van der Waals surface area (Å²) in [7, 11) is 0. The third kappa shape index (κ3) is 2.41. The predicted octanol–water partition coefficient (Wildman–Crippen LogP) is -2.93. The average Bonchev–Trinajstić information content (AvgIpc) is 2.20. The van der Waals surface area contributed by atoms with Crippen LogP contribution in [0.15, 0.2) is 0 Å². The smallest absolute Gasteiger partial charge is 0.111 e. The lowest BCUT2D eigenvalue weighted by atomic mass is 9.93. The van der Waals surface area contributed by atoms with Crippen molar-refractivity contribution in [3.05, 3.63) is 0 Å². The van der Waals surface area contributed by atoms with Crippen molar-refractivity contribution >= 4 is 0 Å². The highest BCUT2D eigenvalue weighted by Gasteiger charge is 2.36. The van der Waals surface area contributed by atoms with Crippen LogP contribution in [0.3, 0.4) is 0 Å². The van der Waals surface area contributed by atoms with Gasteiger partial charge in [0.15, 0.2) is 0 Å². The van der Waals surface area contributed by atoms with Crippen LogP contribution in [-0.2, 0) is 4.74 Å². The first-order valence-electron chi connectivity index (χ1n) is 4.48. The van der Waals surface area contributed by atoms with Crippen molar-refractivity contribution in [2.24, 2.45) is 5.92 Å². The molecule has 0 saturated carbocycles. The number of ether oxygens (including phenoxy) is 1. The maximum absolute atomic E-state index is 9.47. The fraction of sp³-hybridized carbons (Fsp3) is 1.00. The Morgan fingerprint density at radius 2 is 1.57 bits per heavy atom. The van der Waals surface area contributed by atoms with Crippen molar-refractivity contribution < 1.29 is 30.3 Å². The van der Waals surface area contributed by atoms with Crippen molar-refractivity contribution in [3.8, 4) is 0 Å². The Bertz CT molecular complexity index is 169. The number of aliphatic hydroxyl groups is 5. The molecular weight excluding hydrogens is 192 g/mol. The SMILES string of the molecule is OC[C@@H]1COC[C@H](O)[C@H](O)[C@H](O)[C@H]1O. The molecule has 1 heterocycles. The number of hydrogen-bond donors (Lipinski definition) is 5. The van der Waals surface area contributed by atoms with Gasteiger partial charge in [-0.3, -0.25) is 0 Å². The molecule has 5 N–H and O–H groups in total. The summed E-state index contributed by atoms with van der Waals surface area (Å²) in [6.07, 6.45) is -5.45. The Labute approximate surface area is 81.4 Å². The zero-order valence-electron chi connectivity index (χ0n) is 7.65. The molecule has 0 aromatic heterocycles. The lowest BCUT2D eigenvalue weighted by Gasteiger charge is -2.33. The summed E-state index contributed by atoms with van der Waals surface area (Å²) >= 11 is 0. The molecule has 0 spiro atoms. The van der Waals surface area contributed by atoms with Crippen LogP contribution in [0.4, 0.5) is 0 Å². The van der Waals surface area contributed by atoms with Gasteiger partial charge in [0.2, 0.25) is 0 Å². The highest BCUT2D eigenvalue weighted by Crippen LogP contribution is 2.16. The predicted molar refractivity (Wildman–Crippen MR) is 45.4 cm³/mol. The van der Waals surface area contributed by atoms with Gasteiger partial charge in [0.05, 0.1) is 25.9 Å². The average molecular weight is 208 g/mol. The van der Waals surface area contributed by atoms with E-state index >= 15 is 0 Å².